The van der Waals surface area contributed by atoms with E-state index in [-0.39, 0.29) is 0 Å². The molecule has 3 rings (SSSR count). The quantitative estimate of drug-likeness (QED) is 0.552. The molecule has 0 atom stereocenters. The molecule has 0 bridgehead atoms. The smallest absolute Gasteiger partial charge is 0.306 e. The standard InChI is InChI=1S/C15H16N6O2/c1-9(10-7-5-4-6-8-10)18-19-14-16-12-11(20(14)2)13(22)17-15(23)21(12)3/h4-8H,1-3H3,(H,16,19)(H,17,22,23)/b18-9-. The molecule has 0 aliphatic rings. The molecule has 0 saturated heterocycles. The van der Waals surface area contributed by atoms with Crippen LogP contribution in [0.2, 0.25) is 0 Å². The number of imidazole rings is 1. The average Bonchev–Trinajstić information content (AvgIpc) is 2.88. The fraction of sp³-hybridized carbons (Fsp3) is 0.200. The molecule has 0 spiro atoms. The lowest BCUT2D eigenvalue weighted by Crippen LogP contribution is -2.29. The molecule has 2 aromatic heterocycles. The Morgan fingerprint density at radius 2 is 1.87 bits per heavy atom. The van der Waals surface area contributed by atoms with Gasteiger partial charge in [0.25, 0.3) is 5.56 Å². The van der Waals surface area contributed by atoms with Crippen molar-refractivity contribution >= 4 is 22.8 Å². The van der Waals surface area contributed by atoms with Crippen LogP contribution in [0.4, 0.5) is 5.95 Å². The zero-order chi connectivity index (χ0) is 16.6. The molecule has 8 nitrogen and oxygen atoms in total. The maximum atomic E-state index is 12.0. The summed E-state index contributed by atoms with van der Waals surface area (Å²) in [5, 5.41) is 4.29. The van der Waals surface area contributed by atoms with Crippen molar-refractivity contribution in [2.45, 2.75) is 6.92 Å². The number of hydrogen-bond donors (Lipinski definition) is 2. The van der Waals surface area contributed by atoms with Gasteiger partial charge in [-0.25, -0.2) is 10.2 Å². The summed E-state index contributed by atoms with van der Waals surface area (Å²) in [5.41, 5.74) is 4.23. The number of aryl methyl sites for hydroxylation is 2. The highest BCUT2D eigenvalue weighted by Gasteiger charge is 2.14. The monoisotopic (exact) mass is 312 g/mol. The Balaban J connectivity index is 2.03. The van der Waals surface area contributed by atoms with Crippen LogP contribution in [-0.4, -0.2) is 24.8 Å². The highest BCUT2D eigenvalue weighted by molar-refractivity contribution is 5.99. The number of aromatic nitrogens is 4. The van der Waals surface area contributed by atoms with Gasteiger partial charge in [-0.3, -0.25) is 14.3 Å². The van der Waals surface area contributed by atoms with Gasteiger partial charge in [-0.05, 0) is 12.5 Å². The Morgan fingerprint density at radius 3 is 2.57 bits per heavy atom. The fourth-order valence-electron chi connectivity index (χ4n) is 2.29. The molecule has 2 N–H and O–H groups in total. The Hall–Kier alpha value is -3.16. The largest absolute Gasteiger partial charge is 0.329 e. The molecule has 0 aliphatic carbocycles. The van der Waals surface area contributed by atoms with Crippen molar-refractivity contribution in [3.05, 3.63) is 56.7 Å². The van der Waals surface area contributed by atoms with Gasteiger partial charge in [0.1, 0.15) is 0 Å². The molecule has 3 aromatic rings. The minimum Gasteiger partial charge on any atom is -0.306 e. The van der Waals surface area contributed by atoms with E-state index in [1.165, 1.54) is 4.57 Å². The van der Waals surface area contributed by atoms with Gasteiger partial charge in [0.2, 0.25) is 5.95 Å². The molecule has 0 amide bonds. The number of benzene rings is 1. The number of hydrazone groups is 1. The van der Waals surface area contributed by atoms with Crippen molar-refractivity contribution in [2.75, 3.05) is 5.43 Å². The Labute approximate surface area is 131 Å². The van der Waals surface area contributed by atoms with Crippen molar-refractivity contribution in [3.8, 4) is 0 Å². The minimum atomic E-state index is -0.504. The van der Waals surface area contributed by atoms with Gasteiger partial charge in [-0.1, -0.05) is 30.3 Å². The Morgan fingerprint density at radius 1 is 1.17 bits per heavy atom. The Kier molecular flexibility index (Phi) is 3.57. The predicted molar refractivity (Wildman–Crippen MR) is 88.9 cm³/mol. The van der Waals surface area contributed by atoms with Crippen LogP contribution in [0.5, 0.6) is 0 Å². The van der Waals surface area contributed by atoms with Crippen molar-refractivity contribution in [1.29, 1.82) is 0 Å². The second kappa shape index (κ2) is 5.56. The first-order valence-electron chi connectivity index (χ1n) is 7.00. The summed E-state index contributed by atoms with van der Waals surface area (Å²) in [7, 11) is 3.24. The van der Waals surface area contributed by atoms with Crippen LogP contribution in [-0.2, 0) is 14.1 Å². The third kappa shape index (κ3) is 2.54. The number of anilines is 1. The van der Waals surface area contributed by atoms with Crippen LogP contribution >= 0.6 is 0 Å². The van der Waals surface area contributed by atoms with E-state index in [1.807, 2.05) is 37.3 Å². The highest BCUT2D eigenvalue weighted by atomic mass is 16.2. The van der Waals surface area contributed by atoms with Gasteiger partial charge in [0.05, 0.1) is 5.71 Å². The number of rotatable bonds is 3. The first kappa shape index (κ1) is 14.8. The molecule has 23 heavy (non-hydrogen) atoms. The molecule has 0 radical (unpaired) electrons. The summed E-state index contributed by atoms with van der Waals surface area (Å²) in [6, 6.07) is 9.69. The lowest BCUT2D eigenvalue weighted by Gasteiger charge is -2.03. The van der Waals surface area contributed by atoms with E-state index in [1.54, 1.807) is 18.7 Å². The van der Waals surface area contributed by atoms with E-state index in [4.69, 9.17) is 0 Å². The van der Waals surface area contributed by atoms with Gasteiger partial charge in [0.15, 0.2) is 11.2 Å². The van der Waals surface area contributed by atoms with E-state index in [0.29, 0.717) is 17.1 Å². The van der Waals surface area contributed by atoms with Crippen LogP contribution in [0.3, 0.4) is 0 Å². The van der Waals surface area contributed by atoms with Crippen molar-refractivity contribution in [3.63, 3.8) is 0 Å². The maximum absolute atomic E-state index is 12.0. The number of nitrogens with one attached hydrogen (secondary N) is 2. The molecule has 0 aliphatic heterocycles. The first-order valence-corrected chi connectivity index (χ1v) is 7.00. The van der Waals surface area contributed by atoms with Gasteiger partial charge >= 0.3 is 5.69 Å². The molecule has 8 heteroatoms. The average molecular weight is 312 g/mol. The summed E-state index contributed by atoms with van der Waals surface area (Å²) in [6.07, 6.45) is 0. The number of aromatic amines is 1. The zero-order valence-corrected chi connectivity index (χ0v) is 13.0. The van der Waals surface area contributed by atoms with E-state index < -0.39 is 11.2 Å². The van der Waals surface area contributed by atoms with E-state index >= 15 is 0 Å². The van der Waals surface area contributed by atoms with Crippen LogP contribution in [0.15, 0.2) is 45.0 Å². The normalized spacial score (nSPS) is 11.9. The molecule has 1 aromatic carbocycles. The maximum Gasteiger partial charge on any atom is 0.329 e. The number of fused-ring (bicyclic) bond motifs is 1. The van der Waals surface area contributed by atoms with Crippen molar-refractivity contribution < 1.29 is 0 Å². The van der Waals surface area contributed by atoms with Crippen LogP contribution in [0.1, 0.15) is 12.5 Å². The van der Waals surface area contributed by atoms with E-state index in [2.05, 4.69) is 20.5 Å². The summed E-state index contributed by atoms with van der Waals surface area (Å²) in [4.78, 5) is 30.1. The number of nitrogens with zero attached hydrogens (tertiary/aromatic N) is 4. The lowest BCUT2D eigenvalue weighted by molar-refractivity contribution is 0.829. The minimum absolute atomic E-state index is 0.302. The molecule has 0 fully saturated rings. The molecular formula is C15H16N6O2. The summed E-state index contributed by atoms with van der Waals surface area (Å²) < 4.78 is 2.85. The van der Waals surface area contributed by atoms with Crippen LogP contribution < -0.4 is 16.7 Å². The van der Waals surface area contributed by atoms with Crippen molar-refractivity contribution in [1.82, 2.24) is 19.1 Å². The SMILES string of the molecule is C/C(=N/Nc1nc2c(c(=O)[nH]c(=O)n2C)n1C)c1ccccc1. The first-order chi connectivity index (χ1) is 11.0. The van der Waals surface area contributed by atoms with Gasteiger partial charge < -0.3 is 4.57 Å². The third-order valence-corrected chi connectivity index (χ3v) is 3.65. The second-order valence-corrected chi connectivity index (χ2v) is 5.16. The van der Waals surface area contributed by atoms with Crippen LogP contribution in [0, 0.1) is 0 Å². The van der Waals surface area contributed by atoms with Gasteiger partial charge in [0, 0.05) is 14.1 Å². The third-order valence-electron chi connectivity index (χ3n) is 3.65. The molecule has 118 valence electrons. The number of H-pyrrole nitrogens is 1. The van der Waals surface area contributed by atoms with Gasteiger partial charge in [-0.2, -0.15) is 10.1 Å². The number of hydrogen-bond acceptors (Lipinski definition) is 5. The summed E-state index contributed by atoms with van der Waals surface area (Å²) in [6.45, 7) is 1.87. The highest BCUT2D eigenvalue weighted by Crippen LogP contribution is 2.13. The molecule has 2 heterocycles. The van der Waals surface area contributed by atoms with Crippen LogP contribution in [0.25, 0.3) is 11.2 Å². The lowest BCUT2D eigenvalue weighted by atomic mass is 10.1. The van der Waals surface area contributed by atoms with Gasteiger partial charge in [-0.15, -0.1) is 0 Å². The zero-order valence-electron chi connectivity index (χ0n) is 13.0. The summed E-state index contributed by atoms with van der Waals surface area (Å²) in [5.74, 6) is 0.377. The summed E-state index contributed by atoms with van der Waals surface area (Å²) >= 11 is 0. The second-order valence-electron chi connectivity index (χ2n) is 5.16. The molecular weight excluding hydrogens is 296 g/mol. The van der Waals surface area contributed by atoms with E-state index in [9.17, 15) is 9.59 Å². The fourth-order valence-corrected chi connectivity index (χ4v) is 2.29. The predicted octanol–water partition coefficient (Wildman–Crippen LogP) is 0.796. The van der Waals surface area contributed by atoms with E-state index in [0.717, 1.165) is 11.3 Å². The molecule has 0 unspecified atom stereocenters. The topological polar surface area (TPSA) is 97.1 Å². The Bertz CT molecular complexity index is 1010. The molecule has 0 saturated carbocycles. The van der Waals surface area contributed by atoms with Crippen molar-refractivity contribution in [2.24, 2.45) is 19.2 Å².